The smallest absolute Gasteiger partial charge is 0.363 e. The van der Waals surface area contributed by atoms with Gasteiger partial charge in [-0.25, -0.2) is 14.8 Å². The number of nitrogens with one attached hydrogen (secondary N) is 1. The van der Waals surface area contributed by atoms with Crippen LogP contribution in [-0.4, -0.2) is 129 Å². The topological polar surface area (TPSA) is 263 Å². The van der Waals surface area contributed by atoms with E-state index in [-0.39, 0.29) is 73.0 Å². The first-order chi connectivity index (χ1) is 36.0. The molecule has 9 unspecified atom stereocenters. The number of ketones is 1. The number of ether oxygens (including phenoxy) is 5. The minimum absolute atomic E-state index is 0.00857. The molecule has 76 heavy (non-hydrogen) atoms. The lowest BCUT2D eigenvalue weighted by atomic mass is 9.78. The van der Waals surface area contributed by atoms with Gasteiger partial charge in [0.1, 0.15) is 40.3 Å². The van der Waals surface area contributed by atoms with E-state index in [0.717, 1.165) is 19.6 Å². The summed E-state index contributed by atoms with van der Waals surface area (Å²) in [5, 5.41) is 37.2. The molecule has 1 amide bonds. The Morgan fingerprint density at radius 2 is 1.68 bits per heavy atom. The lowest BCUT2D eigenvalue weighted by Gasteiger charge is -2.38. The van der Waals surface area contributed by atoms with Crippen molar-refractivity contribution in [2.24, 2.45) is 29.6 Å². The Bertz CT molecular complexity index is 3180. The van der Waals surface area contributed by atoms with Gasteiger partial charge in [0.15, 0.2) is 17.0 Å². The first-order valence-corrected chi connectivity index (χ1v) is 25.4. The summed E-state index contributed by atoms with van der Waals surface area (Å²) in [6.07, 6.45) is 7.06. The van der Waals surface area contributed by atoms with Crippen LogP contribution < -0.4 is 25.1 Å². The number of esters is 2. The second-order valence-corrected chi connectivity index (χ2v) is 20.7. The number of benzene rings is 3. The van der Waals surface area contributed by atoms with Crippen LogP contribution >= 0.6 is 0 Å². The molecule has 1 fully saturated rings. The molecular formula is C56H66N6O14. The molecule has 0 saturated carbocycles. The Morgan fingerprint density at radius 1 is 0.961 bits per heavy atom. The van der Waals surface area contributed by atoms with Gasteiger partial charge in [0, 0.05) is 124 Å². The monoisotopic (exact) mass is 1050 g/mol. The lowest BCUT2D eigenvalue weighted by Crippen LogP contribution is -2.47. The van der Waals surface area contributed by atoms with E-state index in [2.05, 4.69) is 38.9 Å². The number of aliphatic hydroxyl groups is 2. The number of aromatic nitrogens is 3. The number of Topliss-reactive ketones (excluding diaryl/α,β-unsaturated/α-hetero) is 1. The lowest BCUT2D eigenvalue weighted by molar-refractivity contribution is -0.160. The zero-order valence-electron chi connectivity index (χ0n) is 44.6. The van der Waals surface area contributed by atoms with Crippen LogP contribution in [0.1, 0.15) is 88.7 Å². The summed E-state index contributed by atoms with van der Waals surface area (Å²) >= 11 is 0. The number of allylic oxidation sites excluding steroid dienone is 2. The molecule has 5 heterocycles. The Labute approximate surface area is 439 Å². The summed E-state index contributed by atoms with van der Waals surface area (Å²) in [5.74, 6) is -8.71. The van der Waals surface area contributed by atoms with E-state index >= 15 is 9.59 Å². The number of piperazine rings is 1. The number of aromatic hydroxyl groups is 1. The Kier molecular flexibility index (Phi) is 16.0. The van der Waals surface area contributed by atoms with Crippen LogP contribution in [-0.2, 0) is 23.8 Å². The van der Waals surface area contributed by atoms with Crippen molar-refractivity contribution in [2.45, 2.75) is 99.4 Å². The quantitative estimate of drug-likeness (QED) is 0.0569. The van der Waals surface area contributed by atoms with Crippen molar-refractivity contribution in [1.82, 2.24) is 19.9 Å². The maximum absolute atomic E-state index is 15.5. The highest BCUT2D eigenvalue weighted by atomic mass is 16.7. The summed E-state index contributed by atoms with van der Waals surface area (Å²) in [6, 6.07) is 3.25. The Hall–Kier alpha value is -7.26. The molecule has 5 aliphatic rings. The van der Waals surface area contributed by atoms with Gasteiger partial charge in [-0.2, -0.15) is 0 Å². The number of nitrogens with zero attached hydrogens (tertiary/aromatic N) is 5. The third kappa shape index (κ3) is 10.6. The fourth-order valence-electron chi connectivity index (χ4n) is 10.4. The van der Waals surface area contributed by atoms with Crippen molar-refractivity contribution < 1.29 is 62.6 Å². The minimum Gasteiger partial charge on any atom is -0.505 e. The van der Waals surface area contributed by atoms with Gasteiger partial charge in [0.05, 0.1) is 41.7 Å². The first kappa shape index (κ1) is 55.0. The SMILES string of the molecule is COC1C=COC2(C)Oc3c(C)c(OC(=O)c4cnccn4)c4c(=O)c(c5oc6cc(N7CCN(CC(C)C)CC7)cc(O)c6nc-5c4c3C2=O)NC(=O)C(C)=CC=CC(C)C(O)C(C)C(O)C(C)C(OC(C)=O)C1C. The van der Waals surface area contributed by atoms with Crippen molar-refractivity contribution in [2.75, 3.05) is 50.1 Å². The third-order valence-corrected chi connectivity index (χ3v) is 14.7. The summed E-state index contributed by atoms with van der Waals surface area (Å²) in [5.41, 5.74) is -1.29. The van der Waals surface area contributed by atoms with Crippen molar-refractivity contribution >= 4 is 56.9 Å². The van der Waals surface area contributed by atoms with Crippen molar-refractivity contribution in [3.05, 3.63) is 93.9 Å². The number of phenolic OH excluding ortho intramolecular Hbond substituents is 1. The van der Waals surface area contributed by atoms with Gasteiger partial charge in [0.2, 0.25) is 5.43 Å². The number of carbonyl (C=O) groups is 4. The van der Waals surface area contributed by atoms with Crippen molar-refractivity contribution in [3.63, 3.8) is 0 Å². The molecule has 4 bridgehead atoms. The van der Waals surface area contributed by atoms with Gasteiger partial charge in [0.25, 0.3) is 11.7 Å². The van der Waals surface area contributed by atoms with E-state index in [0.29, 0.717) is 24.7 Å². The van der Waals surface area contributed by atoms with E-state index in [1.165, 1.54) is 71.8 Å². The fourth-order valence-corrected chi connectivity index (χ4v) is 10.4. The number of phenols is 1. The number of methoxy groups -OCH3 is 1. The second-order valence-electron chi connectivity index (χ2n) is 20.7. The molecule has 2 aromatic carbocycles. The van der Waals surface area contributed by atoms with Crippen LogP contribution in [0.4, 0.5) is 11.4 Å². The van der Waals surface area contributed by atoms with Gasteiger partial charge in [-0.15, -0.1) is 0 Å². The molecular weight excluding hydrogens is 981 g/mol. The van der Waals surface area contributed by atoms with Crippen LogP contribution in [0.3, 0.4) is 0 Å². The molecule has 9 atom stereocenters. The van der Waals surface area contributed by atoms with Crippen LogP contribution in [0, 0.1) is 36.5 Å². The minimum atomic E-state index is -2.18. The average Bonchev–Trinajstić information content (AvgIpc) is 3.80. The van der Waals surface area contributed by atoms with Crippen LogP contribution in [0.5, 0.6) is 17.2 Å². The van der Waals surface area contributed by atoms with Gasteiger partial charge in [-0.1, -0.05) is 59.8 Å². The predicted octanol–water partition coefficient (Wildman–Crippen LogP) is 6.74. The largest absolute Gasteiger partial charge is 0.505 e. The highest BCUT2D eigenvalue weighted by Gasteiger charge is 2.50. The highest BCUT2D eigenvalue weighted by molar-refractivity contribution is 6.23. The zero-order valence-corrected chi connectivity index (χ0v) is 44.6. The number of hydrogen-bond acceptors (Lipinski definition) is 19. The summed E-state index contributed by atoms with van der Waals surface area (Å²) in [4.78, 5) is 89.1. The van der Waals surface area contributed by atoms with E-state index < -0.39 is 88.6 Å². The second kappa shape index (κ2) is 22.1. The summed E-state index contributed by atoms with van der Waals surface area (Å²) in [6.45, 7) is 20.6. The molecule has 0 spiro atoms. The molecule has 0 radical (unpaired) electrons. The first-order valence-electron chi connectivity index (χ1n) is 25.4. The maximum Gasteiger partial charge on any atom is 0.363 e. The molecule has 3 aromatic rings. The summed E-state index contributed by atoms with van der Waals surface area (Å²) in [7, 11) is 1.43. The molecule has 8 rings (SSSR count). The molecule has 404 valence electrons. The van der Waals surface area contributed by atoms with E-state index in [4.69, 9.17) is 33.1 Å². The average molecular weight is 1050 g/mol. The number of amides is 1. The normalized spacial score (nSPS) is 26.0. The van der Waals surface area contributed by atoms with E-state index in [1.807, 2.05) is 0 Å². The van der Waals surface area contributed by atoms with Gasteiger partial charge >= 0.3 is 17.7 Å². The van der Waals surface area contributed by atoms with Gasteiger partial charge < -0.3 is 53.6 Å². The number of carbonyl (C=O) groups excluding carboxylic acids is 4. The number of anilines is 2. The number of hydrogen-bond donors (Lipinski definition) is 4. The molecule has 4 N–H and O–H groups in total. The van der Waals surface area contributed by atoms with Gasteiger partial charge in [-0.05, 0) is 25.8 Å². The maximum atomic E-state index is 15.5. The molecule has 1 saturated heterocycles. The van der Waals surface area contributed by atoms with Crippen LogP contribution in [0.15, 0.2) is 76.1 Å². The van der Waals surface area contributed by atoms with E-state index in [1.54, 1.807) is 52.0 Å². The summed E-state index contributed by atoms with van der Waals surface area (Å²) < 4.78 is 37.0. The van der Waals surface area contributed by atoms with E-state index in [9.17, 15) is 29.7 Å². The molecule has 20 nitrogen and oxygen atoms in total. The Balaban J connectivity index is 1.37. The molecule has 4 aliphatic heterocycles. The van der Waals surface area contributed by atoms with Gasteiger partial charge in [-0.3, -0.25) is 29.1 Å². The Morgan fingerprint density at radius 3 is 2.34 bits per heavy atom. The predicted molar refractivity (Wildman–Crippen MR) is 281 cm³/mol. The van der Waals surface area contributed by atoms with Crippen molar-refractivity contribution in [1.29, 1.82) is 0 Å². The highest BCUT2D eigenvalue weighted by Crippen LogP contribution is 2.51. The fraction of sp³-hybridized carbons (Fsp3) is 0.464. The number of fused-ring (bicyclic) bond motifs is 2. The molecule has 1 aromatic heterocycles. The van der Waals surface area contributed by atoms with Crippen molar-refractivity contribution in [3.8, 4) is 28.7 Å². The standard InChI is InChI=1S/C56H66N6O14/c1-27(2)26-61-18-20-62(21-19-61)35-23-37(64)43-39(24-35)74-52-44(59-43)40-41-48(67)45(52)60-54(69)29(4)14-12-13-28(3)46(65)31(6)47(66)32(7)49(73-34(9)63)30(5)38(71-11)15-22-72-56(10)53(68)42(40)51(76-56)33(8)50(41)75-55(70)36-25-57-16-17-58-36/h12-17,22-25,27-28,30-32,38,46-47,49,64-66H,18-21,26H2,1-11H3,(H,60,69). The molecule has 20 heteroatoms. The number of rotatable bonds is 7. The van der Waals surface area contributed by atoms with Crippen LogP contribution in [0.2, 0.25) is 0 Å². The third-order valence-electron chi connectivity index (χ3n) is 14.7. The van der Waals surface area contributed by atoms with Crippen LogP contribution in [0.25, 0.3) is 33.3 Å². The molecule has 1 aliphatic carbocycles. The zero-order chi connectivity index (χ0) is 55.1. The number of aliphatic hydroxyl groups excluding tert-OH is 2.